The van der Waals surface area contributed by atoms with Gasteiger partial charge in [0.05, 0.1) is 0 Å². The summed E-state index contributed by atoms with van der Waals surface area (Å²) in [6.45, 7) is 6.41. The van der Waals surface area contributed by atoms with Crippen molar-refractivity contribution in [1.82, 2.24) is 0 Å². The van der Waals surface area contributed by atoms with E-state index in [0.29, 0.717) is 19.3 Å². The van der Waals surface area contributed by atoms with Gasteiger partial charge in [0.25, 0.3) is 0 Å². The molecule has 0 rings (SSSR count). The van der Waals surface area contributed by atoms with E-state index in [1.54, 1.807) is 0 Å². The van der Waals surface area contributed by atoms with Crippen molar-refractivity contribution in [2.45, 2.75) is 303 Å². The van der Waals surface area contributed by atoms with E-state index in [0.717, 1.165) is 128 Å². The lowest BCUT2D eigenvalue weighted by atomic mass is 10.0. The largest absolute Gasteiger partial charge is 0.462 e. The number of carbonyl (C=O) groups excluding carboxylic acids is 3. The Morgan fingerprint density at radius 3 is 0.803 bits per heavy atom. The van der Waals surface area contributed by atoms with E-state index in [1.807, 2.05) is 0 Å². The average molecular weight is 1060 g/mol. The van der Waals surface area contributed by atoms with Crippen LogP contribution in [0.3, 0.4) is 0 Å². The van der Waals surface area contributed by atoms with Crippen molar-refractivity contribution < 1.29 is 28.6 Å². The third-order valence-corrected chi connectivity index (χ3v) is 13.5. The molecule has 6 nitrogen and oxygen atoms in total. The van der Waals surface area contributed by atoms with Crippen molar-refractivity contribution in [3.63, 3.8) is 0 Å². The van der Waals surface area contributed by atoms with Gasteiger partial charge in [0.15, 0.2) is 6.10 Å². The summed E-state index contributed by atoms with van der Waals surface area (Å²) < 4.78 is 16.9. The number of unbranched alkanes of at least 4 members (excludes halogenated alkanes) is 28. The van der Waals surface area contributed by atoms with Crippen LogP contribution in [0.2, 0.25) is 0 Å². The normalized spacial score (nSPS) is 12.8. The fourth-order valence-electron chi connectivity index (χ4n) is 8.81. The molecule has 76 heavy (non-hydrogen) atoms. The number of rotatable bonds is 57. The molecule has 0 aliphatic carbocycles. The summed E-state index contributed by atoms with van der Waals surface area (Å²) in [6.07, 6.45) is 86.6. The standard InChI is InChI=1S/C70H118O6/c1-4-7-10-13-16-19-22-25-28-30-31-32-33-34-35-36-37-38-39-41-42-45-48-51-54-57-60-63-69(72)75-66-67(65-74-68(71)62-59-56-53-50-47-44-27-24-21-18-15-12-9-6-3)76-70(73)64-61-58-55-52-49-46-43-40-29-26-23-20-17-14-11-8-5-2/h7-8,10-11,16-17,19-20,25-26,28-29,31-32,34-35,43,46,67H,4-6,9,12-15,18,21-24,27,30,33,36-42,44-45,47-66H2,1-3H3/b10-7-,11-8-,19-16-,20-17-,28-25-,29-26-,32-31-,35-34-,46-43-. The molecule has 0 heterocycles. The molecule has 6 heteroatoms. The van der Waals surface area contributed by atoms with Crippen LogP contribution in [0.1, 0.15) is 297 Å². The fraction of sp³-hybridized carbons (Fsp3) is 0.700. The minimum Gasteiger partial charge on any atom is -0.462 e. The minimum absolute atomic E-state index is 0.0869. The molecular weight excluding hydrogens is 937 g/mol. The zero-order valence-corrected chi connectivity index (χ0v) is 49.7. The molecule has 0 saturated carbocycles. The van der Waals surface area contributed by atoms with Gasteiger partial charge in [0.1, 0.15) is 13.2 Å². The van der Waals surface area contributed by atoms with Gasteiger partial charge in [-0.25, -0.2) is 0 Å². The zero-order valence-electron chi connectivity index (χ0n) is 49.7. The van der Waals surface area contributed by atoms with Crippen LogP contribution < -0.4 is 0 Å². The Morgan fingerprint density at radius 2 is 0.513 bits per heavy atom. The Labute approximate surface area is 470 Å². The van der Waals surface area contributed by atoms with Crippen molar-refractivity contribution in [1.29, 1.82) is 0 Å². The van der Waals surface area contributed by atoms with E-state index >= 15 is 0 Å². The van der Waals surface area contributed by atoms with Gasteiger partial charge in [-0.05, 0) is 103 Å². The first kappa shape index (κ1) is 72.1. The second-order valence-corrected chi connectivity index (χ2v) is 20.9. The van der Waals surface area contributed by atoms with Gasteiger partial charge in [0.2, 0.25) is 0 Å². The van der Waals surface area contributed by atoms with Gasteiger partial charge in [-0.2, -0.15) is 0 Å². The lowest BCUT2D eigenvalue weighted by Crippen LogP contribution is -2.30. The number of allylic oxidation sites excluding steroid dienone is 18. The Bertz CT molecular complexity index is 1540. The van der Waals surface area contributed by atoms with Crippen molar-refractivity contribution in [2.24, 2.45) is 0 Å². The maximum absolute atomic E-state index is 12.9. The van der Waals surface area contributed by atoms with Gasteiger partial charge in [-0.15, -0.1) is 0 Å². The van der Waals surface area contributed by atoms with E-state index in [2.05, 4.69) is 130 Å². The average Bonchev–Trinajstić information content (AvgIpc) is 3.42. The maximum Gasteiger partial charge on any atom is 0.306 e. The molecule has 0 radical (unpaired) electrons. The fourth-order valence-corrected chi connectivity index (χ4v) is 8.81. The van der Waals surface area contributed by atoms with Gasteiger partial charge in [-0.3, -0.25) is 14.4 Å². The number of esters is 3. The highest BCUT2D eigenvalue weighted by atomic mass is 16.6. The van der Waals surface area contributed by atoms with Gasteiger partial charge in [-0.1, -0.05) is 284 Å². The van der Waals surface area contributed by atoms with E-state index in [9.17, 15) is 14.4 Å². The molecule has 0 aromatic carbocycles. The van der Waals surface area contributed by atoms with Crippen LogP contribution in [0.25, 0.3) is 0 Å². The number of carbonyl (C=O) groups is 3. The molecule has 0 spiro atoms. The van der Waals surface area contributed by atoms with Crippen LogP contribution in [0.15, 0.2) is 109 Å². The summed E-state index contributed by atoms with van der Waals surface area (Å²) in [5.41, 5.74) is 0. The summed E-state index contributed by atoms with van der Waals surface area (Å²) in [4.78, 5) is 38.3. The predicted molar refractivity (Wildman–Crippen MR) is 330 cm³/mol. The second kappa shape index (κ2) is 63.6. The van der Waals surface area contributed by atoms with Crippen LogP contribution in [0.5, 0.6) is 0 Å². The monoisotopic (exact) mass is 1050 g/mol. The van der Waals surface area contributed by atoms with Crippen LogP contribution in [-0.4, -0.2) is 37.2 Å². The highest BCUT2D eigenvalue weighted by Gasteiger charge is 2.19. The second-order valence-electron chi connectivity index (χ2n) is 20.9. The molecule has 0 aliphatic rings. The molecule has 434 valence electrons. The van der Waals surface area contributed by atoms with Crippen LogP contribution >= 0.6 is 0 Å². The molecule has 0 amide bonds. The SMILES string of the molecule is CC/C=C\C/C=C\C/C=C\C/C=C\C/C=C\CCCCCCCCCCCCCC(=O)OCC(COC(=O)CCCCCCCCCCCCCCCC)OC(=O)CCCCCC/C=C\C/C=C\C/C=C\C/C=C\CC. The molecule has 0 fully saturated rings. The summed E-state index contributed by atoms with van der Waals surface area (Å²) in [5, 5.41) is 0. The molecule has 0 aliphatic heterocycles. The van der Waals surface area contributed by atoms with Crippen molar-refractivity contribution >= 4 is 17.9 Å². The summed E-state index contributed by atoms with van der Waals surface area (Å²) >= 11 is 0. The zero-order chi connectivity index (χ0) is 55.0. The van der Waals surface area contributed by atoms with Crippen molar-refractivity contribution in [2.75, 3.05) is 13.2 Å². The van der Waals surface area contributed by atoms with Crippen molar-refractivity contribution in [3.05, 3.63) is 109 Å². The Balaban J connectivity index is 4.34. The molecule has 0 bridgehead atoms. The Hall–Kier alpha value is -3.93. The minimum atomic E-state index is -0.793. The lowest BCUT2D eigenvalue weighted by molar-refractivity contribution is -0.167. The van der Waals surface area contributed by atoms with E-state index < -0.39 is 6.10 Å². The van der Waals surface area contributed by atoms with Crippen LogP contribution in [-0.2, 0) is 28.6 Å². The number of hydrogen-bond donors (Lipinski definition) is 0. The van der Waals surface area contributed by atoms with Gasteiger partial charge < -0.3 is 14.2 Å². The highest BCUT2D eigenvalue weighted by molar-refractivity contribution is 5.71. The molecule has 0 aromatic rings. The van der Waals surface area contributed by atoms with Crippen LogP contribution in [0, 0.1) is 0 Å². The van der Waals surface area contributed by atoms with E-state index in [-0.39, 0.29) is 31.1 Å². The smallest absolute Gasteiger partial charge is 0.306 e. The molecule has 1 atom stereocenters. The van der Waals surface area contributed by atoms with Gasteiger partial charge >= 0.3 is 17.9 Å². The molecule has 1 unspecified atom stereocenters. The van der Waals surface area contributed by atoms with Crippen molar-refractivity contribution in [3.8, 4) is 0 Å². The lowest BCUT2D eigenvalue weighted by Gasteiger charge is -2.18. The Kier molecular flexibility index (Phi) is 60.3. The summed E-state index contributed by atoms with van der Waals surface area (Å²) in [6, 6.07) is 0. The first-order valence-corrected chi connectivity index (χ1v) is 31.9. The number of hydrogen-bond acceptors (Lipinski definition) is 6. The topological polar surface area (TPSA) is 78.9 Å². The molecular formula is C70H118O6. The van der Waals surface area contributed by atoms with E-state index in [4.69, 9.17) is 14.2 Å². The first-order valence-electron chi connectivity index (χ1n) is 31.9. The highest BCUT2D eigenvalue weighted by Crippen LogP contribution is 2.16. The van der Waals surface area contributed by atoms with Crippen LogP contribution in [0.4, 0.5) is 0 Å². The third kappa shape index (κ3) is 60.9. The first-order chi connectivity index (χ1) is 37.5. The molecule has 0 N–H and O–H groups in total. The predicted octanol–water partition coefficient (Wildman–Crippen LogP) is 21.8. The maximum atomic E-state index is 12.9. The molecule has 0 saturated heterocycles. The Morgan fingerprint density at radius 1 is 0.276 bits per heavy atom. The molecule has 0 aromatic heterocycles. The third-order valence-electron chi connectivity index (χ3n) is 13.5. The number of ether oxygens (including phenoxy) is 3. The van der Waals surface area contributed by atoms with Gasteiger partial charge in [0, 0.05) is 19.3 Å². The van der Waals surface area contributed by atoms with E-state index in [1.165, 1.54) is 128 Å². The summed E-state index contributed by atoms with van der Waals surface area (Å²) in [5.74, 6) is -0.905. The summed E-state index contributed by atoms with van der Waals surface area (Å²) in [7, 11) is 0. The quantitative estimate of drug-likeness (QED) is 0.0261.